The molecule has 2 rings (SSSR count). The number of pyridine rings is 1. The van der Waals surface area contributed by atoms with E-state index in [0.29, 0.717) is 0 Å². The van der Waals surface area contributed by atoms with Gasteiger partial charge in [-0.15, -0.1) is 0 Å². The highest BCUT2D eigenvalue weighted by molar-refractivity contribution is 5.32. The molecule has 1 aliphatic carbocycles. The van der Waals surface area contributed by atoms with Crippen molar-refractivity contribution in [2.75, 3.05) is 7.11 Å². The van der Waals surface area contributed by atoms with Gasteiger partial charge in [-0.25, -0.2) is 0 Å². The summed E-state index contributed by atoms with van der Waals surface area (Å²) in [7, 11) is 1.70. The fourth-order valence-corrected chi connectivity index (χ4v) is 1.70. The van der Waals surface area contributed by atoms with Gasteiger partial charge < -0.3 is 4.74 Å². The van der Waals surface area contributed by atoms with E-state index in [-0.39, 0.29) is 0 Å². The predicted octanol–water partition coefficient (Wildman–Crippen LogP) is 4.72. The lowest BCUT2D eigenvalue weighted by Crippen LogP contribution is -2.09. The van der Waals surface area contributed by atoms with Crippen molar-refractivity contribution < 1.29 is 4.74 Å². The molecule has 0 amide bonds. The normalized spacial score (nSPS) is 13.5. The van der Waals surface area contributed by atoms with Crippen LogP contribution in [0, 0.1) is 6.92 Å². The quantitative estimate of drug-likeness (QED) is 0.742. The van der Waals surface area contributed by atoms with E-state index in [1.807, 2.05) is 40.8 Å². The largest absolute Gasteiger partial charge is 0.495 e. The Balaban J connectivity index is 0.000000581. The third kappa shape index (κ3) is 4.37. The summed E-state index contributed by atoms with van der Waals surface area (Å²) in [4.78, 5) is 4.33. The third-order valence-corrected chi connectivity index (χ3v) is 2.86. The lowest BCUT2D eigenvalue weighted by atomic mass is 9.80. The fraction of sp³-hybridized carbons (Fsp3) is 0.667. The van der Waals surface area contributed by atoms with Crippen LogP contribution in [0.4, 0.5) is 0 Å². The van der Waals surface area contributed by atoms with Crippen LogP contribution in [0.1, 0.15) is 64.1 Å². The summed E-state index contributed by atoms with van der Waals surface area (Å²) in [5.41, 5.74) is 2.32. The van der Waals surface area contributed by atoms with Crippen LogP contribution in [-0.4, -0.2) is 12.1 Å². The second-order valence-corrected chi connectivity index (χ2v) is 3.68. The van der Waals surface area contributed by atoms with E-state index in [1.54, 1.807) is 7.11 Å². The van der Waals surface area contributed by atoms with E-state index in [4.69, 9.17) is 4.74 Å². The predicted molar refractivity (Wildman–Crippen MR) is 74.8 cm³/mol. The van der Waals surface area contributed by atoms with E-state index in [9.17, 15) is 0 Å². The average Bonchev–Trinajstić information content (AvgIpc) is 2.34. The SMILES string of the molecule is CC.CC.COc1cc(C2CCC2)cnc1C. The number of aromatic nitrogens is 1. The molecule has 0 aliphatic heterocycles. The van der Waals surface area contributed by atoms with Crippen molar-refractivity contribution in [1.82, 2.24) is 4.98 Å². The molecule has 2 heteroatoms. The third-order valence-electron chi connectivity index (χ3n) is 2.86. The molecule has 0 atom stereocenters. The molecule has 17 heavy (non-hydrogen) atoms. The summed E-state index contributed by atoms with van der Waals surface area (Å²) >= 11 is 0. The Labute approximate surface area is 106 Å². The summed E-state index contributed by atoms with van der Waals surface area (Å²) in [6.45, 7) is 9.98. The monoisotopic (exact) mass is 237 g/mol. The van der Waals surface area contributed by atoms with Crippen molar-refractivity contribution in [2.24, 2.45) is 0 Å². The van der Waals surface area contributed by atoms with E-state index in [0.717, 1.165) is 17.4 Å². The lowest BCUT2D eigenvalue weighted by Gasteiger charge is -2.25. The van der Waals surface area contributed by atoms with Crippen molar-refractivity contribution >= 4 is 0 Å². The van der Waals surface area contributed by atoms with Gasteiger partial charge in [0, 0.05) is 6.20 Å². The van der Waals surface area contributed by atoms with Crippen molar-refractivity contribution in [3.63, 3.8) is 0 Å². The van der Waals surface area contributed by atoms with Crippen LogP contribution in [0.15, 0.2) is 12.3 Å². The number of hydrogen-bond acceptors (Lipinski definition) is 2. The van der Waals surface area contributed by atoms with Crippen LogP contribution in [0.3, 0.4) is 0 Å². The molecule has 0 unspecified atom stereocenters. The Kier molecular flexibility index (Phi) is 8.47. The Morgan fingerprint density at radius 3 is 2.18 bits per heavy atom. The van der Waals surface area contributed by atoms with Gasteiger partial charge in [0.1, 0.15) is 5.75 Å². The standard InChI is InChI=1S/C11H15NO.2C2H6/c1-8-11(13-2)6-10(7-12-8)9-4-3-5-9;2*1-2/h6-7,9H,3-5H2,1-2H3;2*1-2H3. The van der Waals surface area contributed by atoms with Gasteiger partial charge in [0.25, 0.3) is 0 Å². The van der Waals surface area contributed by atoms with Crippen molar-refractivity contribution in [2.45, 2.75) is 59.8 Å². The molecule has 1 fully saturated rings. The minimum atomic E-state index is 0.738. The fourth-order valence-electron chi connectivity index (χ4n) is 1.70. The molecular weight excluding hydrogens is 210 g/mol. The zero-order chi connectivity index (χ0) is 13.3. The first-order chi connectivity index (χ1) is 8.31. The molecule has 1 aromatic heterocycles. The Morgan fingerprint density at radius 2 is 1.76 bits per heavy atom. The van der Waals surface area contributed by atoms with Crippen LogP contribution < -0.4 is 4.74 Å². The first kappa shape index (κ1) is 16.0. The minimum Gasteiger partial charge on any atom is -0.495 e. The highest BCUT2D eigenvalue weighted by atomic mass is 16.5. The lowest BCUT2D eigenvalue weighted by molar-refractivity contribution is 0.397. The highest BCUT2D eigenvalue weighted by Gasteiger charge is 2.20. The maximum Gasteiger partial charge on any atom is 0.140 e. The summed E-state index contributed by atoms with van der Waals surface area (Å²) in [5, 5.41) is 0. The molecule has 0 saturated heterocycles. The van der Waals surface area contributed by atoms with Crippen molar-refractivity contribution in [3.05, 3.63) is 23.5 Å². The average molecular weight is 237 g/mol. The number of ether oxygens (including phenoxy) is 1. The van der Waals surface area contributed by atoms with E-state index in [1.165, 1.54) is 24.8 Å². The molecule has 0 radical (unpaired) electrons. The molecule has 98 valence electrons. The highest BCUT2D eigenvalue weighted by Crippen LogP contribution is 2.37. The smallest absolute Gasteiger partial charge is 0.140 e. The van der Waals surface area contributed by atoms with Gasteiger partial charge in [-0.1, -0.05) is 34.1 Å². The molecule has 0 N–H and O–H groups in total. The number of nitrogens with zero attached hydrogens (tertiary/aromatic N) is 1. The molecule has 0 aromatic carbocycles. The van der Waals surface area contributed by atoms with Crippen molar-refractivity contribution in [1.29, 1.82) is 0 Å². The number of methoxy groups -OCH3 is 1. The van der Waals surface area contributed by atoms with Gasteiger partial charge in [0.2, 0.25) is 0 Å². The topological polar surface area (TPSA) is 22.1 Å². The number of rotatable bonds is 2. The molecule has 1 aliphatic rings. The maximum absolute atomic E-state index is 5.24. The molecule has 0 spiro atoms. The van der Waals surface area contributed by atoms with Crippen LogP contribution in [-0.2, 0) is 0 Å². The van der Waals surface area contributed by atoms with E-state index < -0.39 is 0 Å². The summed E-state index contributed by atoms with van der Waals surface area (Å²) < 4.78 is 5.24. The van der Waals surface area contributed by atoms with Gasteiger partial charge in [-0.05, 0) is 37.3 Å². The zero-order valence-electron chi connectivity index (χ0n) is 12.2. The number of aryl methyl sites for hydroxylation is 1. The Morgan fingerprint density at radius 1 is 1.18 bits per heavy atom. The summed E-state index contributed by atoms with van der Waals surface area (Å²) in [5.74, 6) is 1.66. The summed E-state index contributed by atoms with van der Waals surface area (Å²) in [6.07, 6.45) is 5.98. The van der Waals surface area contributed by atoms with Gasteiger partial charge in [-0.3, -0.25) is 4.98 Å². The second kappa shape index (κ2) is 9.03. The molecular formula is C15H27NO. The van der Waals surface area contributed by atoms with Crippen LogP contribution in [0.5, 0.6) is 5.75 Å². The molecule has 1 heterocycles. The first-order valence-electron chi connectivity index (χ1n) is 6.82. The Hall–Kier alpha value is -1.05. The molecule has 1 aromatic rings. The van der Waals surface area contributed by atoms with Crippen molar-refractivity contribution in [3.8, 4) is 5.75 Å². The Bertz CT molecular complexity index is 306. The van der Waals surface area contributed by atoms with Crippen LogP contribution in [0.25, 0.3) is 0 Å². The zero-order valence-corrected chi connectivity index (χ0v) is 12.2. The number of hydrogen-bond donors (Lipinski definition) is 0. The maximum atomic E-state index is 5.24. The van der Waals surface area contributed by atoms with Crippen LogP contribution in [0.2, 0.25) is 0 Å². The van der Waals surface area contributed by atoms with Gasteiger partial charge >= 0.3 is 0 Å². The second-order valence-electron chi connectivity index (χ2n) is 3.68. The van der Waals surface area contributed by atoms with Gasteiger partial charge in [-0.2, -0.15) is 0 Å². The van der Waals surface area contributed by atoms with Gasteiger partial charge in [0.05, 0.1) is 12.8 Å². The minimum absolute atomic E-state index is 0.738. The molecule has 2 nitrogen and oxygen atoms in total. The molecule has 1 saturated carbocycles. The van der Waals surface area contributed by atoms with Gasteiger partial charge in [0.15, 0.2) is 0 Å². The summed E-state index contributed by atoms with van der Waals surface area (Å²) in [6, 6.07) is 2.13. The molecule has 0 bridgehead atoms. The van der Waals surface area contributed by atoms with Crippen LogP contribution >= 0.6 is 0 Å². The first-order valence-corrected chi connectivity index (χ1v) is 6.82. The van der Waals surface area contributed by atoms with E-state index in [2.05, 4.69) is 11.1 Å². The van der Waals surface area contributed by atoms with E-state index >= 15 is 0 Å².